The van der Waals surface area contributed by atoms with E-state index in [-0.39, 0.29) is 5.41 Å². The van der Waals surface area contributed by atoms with Gasteiger partial charge in [-0.1, -0.05) is 35.9 Å². The van der Waals surface area contributed by atoms with Crippen LogP contribution in [0.3, 0.4) is 0 Å². The van der Waals surface area contributed by atoms with Gasteiger partial charge in [0.1, 0.15) is 0 Å². The first-order valence-electron chi connectivity index (χ1n) is 4.43. The van der Waals surface area contributed by atoms with E-state index < -0.39 is 0 Å². The van der Waals surface area contributed by atoms with Crippen LogP contribution in [0.1, 0.15) is 26.0 Å². The average molecular weight is 175 g/mol. The molecule has 3 heteroatoms. The summed E-state index contributed by atoms with van der Waals surface area (Å²) >= 11 is 0. The molecule has 0 amide bonds. The Hall–Kier alpha value is -1.38. The largest absolute Gasteiger partial charge is 0.265 e. The molecular formula is C10H13N3. The van der Waals surface area contributed by atoms with Crippen molar-refractivity contribution in [3.8, 4) is 0 Å². The number of H-pyrrole nitrogens is 1. The molecule has 2 rings (SSSR count). The van der Waals surface area contributed by atoms with Crippen LogP contribution in [0.2, 0.25) is 0 Å². The minimum Gasteiger partial charge on any atom is -0.265 e. The van der Waals surface area contributed by atoms with Crippen LogP contribution in [0.15, 0.2) is 30.0 Å². The van der Waals surface area contributed by atoms with Crippen molar-refractivity contribution in [3.05, 3.63) is 35.7 Å². The highest BCUT2D eigenvalue weighted by molar-refractivity contribution is 5.31. The van der Waals surface area contributed by atoms with E-state index in [1.807, 2.05) is 6.20 Å². The first-order valence-corrected chi connectivity index (χ1v) is 4.43. The molecule has 0 spiro atoms. The standard InChI is InChI=1S/C10H13N3/c1-8-4-3-5-10(2,6-8)9-7-11-13-12-9/h3-5,7H,6H2,1-2H3,(H,11,12,13). The SMILES string of the molecule is CC1=CC=CC(C)(c2c[nH]nn2)C1. The van der Waals surface area contributed by atoms with Crippen LogP contribution in [-0.4, -0.2) is 15.4 Å². The molecule has 1 aromatic rings. The third-order valence-electron chi connectivity index (χ3n) is 2.49. The minimum atomic E-state index is 0.0197. The zero-order valence-electron chi connectivity index (χ0n) is 7.91. The fourth-order valence-corrected chi connectivity index (χ4v) is 1.78. The Labute approximate surface area is 77.6 Å². The minimum absolute atomic E-state index is 0.0197. The molecule has 3 nitrogen and oxygen atoms in total. The zero-order chi connectivity index (χ0) is 9.31. The van der Waals surface area contributed by atoms with Gasteiger partial charge in [-0.2, -0.15) is 0 Å². The Morgan fingerprint density at radius 3 is 3.00 bits per heavy atom. The lowest BCUT2D eigenvalue weighted by Crippen LogP contribution is -2.21. The van der Waals surface area contributed by atoms with Crippen molar-refractivity contribution in [2.75, 3.05) is 0 Å². The molecule has 0 saturated heterocycles. The molecule has 0 saturated carbocycles. The molecule has 1 aliphatic rings. The van der Waals surface area contributed by atoms with Crippen LogP contribution in [0.5, 0.6) is 0 Å². The summed E-state index contributed by atoms with van der Waals surface area (Å²) in [6, 6.07) is 0. The van der Waals surface area contributed by atoms with Gasteiger partial charge in [-0.15, -0.1) is 5.10 Å². The Balaban J connectivity index is 2.34. The van der Waals surface area contributed by atoms with Crippen LogP contribution in [0.4, 0.5) is 0 Å². The first kappa shape index (κ1) is 8.23. The number of hydrogen-bond donors (Lipinski definition) is 1. The Morgan fingerprint density at radius 1 is 1.54 bits per heavy atom. The summed E-state index contributed by atoms with van der Waals surface area (Å²) in [5.74, 6) is 0. The number of nitrogens with one attached hydrogen (secondary N) is 1. The number of allylic oxidation sites excluding steroid dienone is 4. The maximum atomic E-state index is 4.06. The number of rotatable bonds is 1. The summed E-state index contributed by atoms with van der Waals surface area (Å²) in [6.45, 7) is 4.32. The van der Waals surface area contributed by atoms with E-state index in [2.05, 4.69) is 47.5 Å². The summed E-state index contributed by atoms with van der Waals surface area (Å²) in [5, 5.41) is 10.6. The maximum absolute atomic E-state index is 4.06. The lowest BCUT2D eigenvalue weighted by Gasteiger charge is -2.26. The van der Waals surface area contributed by atoms with Crippen LogP contribution in [0, 0.1) is 0 Å². The summed E-state index contributed by atoms with van der Waals surface area (Å²) in [6.07, 6.45) is 9.30. The Kier molecular flexibility index (Phi) is 1.79. The second kappa shape index (κ2) is 2.83. The first-order chi connectivity index (χ1) is 6.21. The highest BCUT2D eigenvalue weighted by Gasteiger charge is 2.27. The van der Waals surface area contributed by atoms with Crippen LogP contribution < -0.4 is 0 Å². The van der Waals surface area contributed by atoms with Gasteiger partial charge in [-0.25, -0.2) is 0 Å². The predicted molar refractivity (Wildman–Crippen MR) is 51.2 cm³/mol. The van der Waals surface area contributed by atoms with Gasteiger partial charge in [0.15, 0.2) is 0 Å². The molecular weight excluding hydrogens is 162 g/mol. The highest BCUT2D eigenvalue weighted by atomic mass is 15.3. The van der Waals surface area contributed by atoms with Gasteiger partial charge < -0.3 is 0 Å². The molecule has 0 bridgehead atoms. The van der Waals surface area contributed by atoms with Crippen LogP contribution >= 0.6 is 0 Å². The van der Waals surface area contributed by atoms with Gasteiger partial charge in [-0.05, 0) is 13.3 Å². The molecule has 1 aliphatic carbocycles. The van der Waals surface area contributed by atoms with E-state index in [0.717, 1.165) is 12.1 Å². The smallest absolute Gasteiger partial charge is 0.0924 e. The monoisotopic (exact) mass is 175 g/mol. The molecule has 68 valence electrons. The van der Waals surface area contributed by atoms with E-state index in [4.69, 9.17) is 0 Å². The van der Waals surface area contributed by atoms with Crippen molar-refractivity contribution in [3.63, 3.8) is 0 Å². The van der Waals surface area contributed by atoms with Gasteiger partial charge in [0, 0.05) is 11.6 Å². The summed E-state index contributed by atoms with van der Waals surface area (Å²) < 4.78 is 0. The Bertz CT molecular complexity index is 348. The molecule has 1 N–H and O–H groups in total. The van der Waals surface area contributed by atoms with Gasteiger partial charge in [0.2, 0.25) is 0 Å². The van der Waals surface area contributed by atoms with Crippen LogP contribution in [-0.2, 0) is 5.41 Å². The summed E-state index contributed by atoms with van der Waals surface area (Å²) in [7, 11) is 0. The van der Waals surface area contributed by atoms with Crippen molar-refractivity contribution >= 4 is 0 Å². The van der Waals surface area contributed by atoms with Crippen molar-refractivity contribution < 1.29 is 0 Å². The van der Waals surface area contributed by atoms with E-state index in [0.29, 0.717) is 0 Å². The average Bonchev–Trinajstić information content (AvgIpc) is 2.55. The van der Waals surface area contributed by atoms with E-state index in [1.54, 1.807) is 0 Å². The normalized spacial score (nSPS) is 27.4. The zero-order valence-corrected chi connectivity index (χ0v) is 7.91. The third-order valence-corrected chi connectivity index (χ3v) is 2.49. The van der Waals surface area contributed by atoms with Gasteiger partial charge >= 0.3 is 0 Å². The third kappa shape index (κ3) is 1.41. The number of aromatic nitrogens is 3. The molecule has 1 aromatic heterocycles. The second-order valence-corrected chi connectivity index (χ2v) is 3.83. The van der Waals surface area contributed by atoms with Crippen molar-refractivity contribution in [1.82, 2.24) is 15.4 Å². The van der Waals surface area contributed by atoms with Crippen molar-refractivity contribution in [2.24, 2.45) is 0 Å². The molecule has 0 aromatic carbocycles. The predicted octanol–water partition coefficient (Wildman–Crippen LogP) is 1.97. The number of hydrogen-bond acceptors (Lipinski definition) is 2. The topological polar surface area (TPSA) is 41.6 Å². The molecule has 1 atom stereocenters. The lowest BCUT2D eigenvalue weighted by molar-refractivity contribution is 0.560. The number of nitrogens with zero attached hydrogens (tertiary/aromatic N) is 2. The molecule has 13 heavy (non-hydrogen) atoms. The fraction of sp³-hybridized carbons (Fsp3) is 0.400. The molecule has 1 unspecified atom stereocenters. The molecule has 0 fully saturated rings. The summed E-state index contributed by atoms with van der Waals surface area (Å²) in [4.78, 5) is 0. The quantitative estimate of drug-likeness (QED) is 0.709. The van der Waals surface area contributed by atoms with Crippen molar-refractivity contribution in [1.29, 1.82) is 0 Å². The van der Waals surface area contributed by atoms with E-state index >= 15 is 0 Å². The van der Waals surface area contributed by atoms with Crippen molar-refractivity contribution in [2.45, 2.75) is 25.7 Å². The van der Waals surface area contributed by atoms with Gasteiger partial charge in [-0.3, -0.25) is 5.10 Å². The highest BCUT2D eigenvalue weighted by Crippen LogP contribution is 2.32. The fourth-order valence-electron chi connectivity index (χ4n) is 1.78. The number of aromatic amines is 1. The molecule has 0 aliphatic heterocycles. The lowest BCUT2D eigenvalue weighted by atomic mass is 9.78. The van der Waals surface area contributed by atoms with Gasteiger partial charge in [0.25, 0.3) is 0 Å². The molecule has 1 heterocycles. The van der Waals surface area contributed by atoms with Gasteiger partial charge in [0.05, 0.1) is 5.69 Å². The summed E-state index contributed by atoms with van der Waals surface area (Å²) in [5.41, 5.74) is 2.41. The molecule has 0 radical (unpaired) electrons. The van der Waals surface area contributed by atoms with E-state index in [9.17, 15) is 0 Å². The Morgan fingerprint density at radius 2 is 2.38 bits per heavy atom. The maximum Gasteiger partial charge on any atom is 0.0924 e. The van der Waals surface area contributed by atoms with E-state index in [1.165, 1.54) is 5.57 Å². The van der Waals surface area contributed by atoms with Crippen LogP contribution in [0.25, 0.3) is 0 Å². The second-order valence-electron chi connectivity index (χ2n) is 3.83.